The number of carboxylic acid groups (broad SMARTS) is 2. The number of carbonyl (C=O) groups is 2. The third-order valence-corrected chi connectivity index (χ3v) is 0.697. The van der Waals surface area contributed by atoms with E-state index in [1.807, 2.05) is 0 Å². The van der Waals surface area contributed by atoms with Crippen molar-refractivity contribution >= 4 is 11.9 Å². The number of rotatable bonds is 2. The maximum Gasteiger partial charge on any atom is 2.00 e. The molecule has 0 amide bonds. The molecule has 0 heterocycles. The normalized spacial score (nSPS) is 6.43. The Bertz CT molecular complexity index is 183. The fourth-order valence-corrected chi connectivity index (χ4v) is 0. The van der Waals surface area contributed by atoms with Crippen LogP contribution in [0.4, 0.5) is 0 Å². The summed E-state index contributed by atoms with van der Waals surface area (Å²) in [5.74, 6) is -2.37. The molecule has 75 valence electrons. The largest absolute Gasteiger partial charge is 2.00 e. The van der Waals surface area contributed by atoms with Crippen molar-refractivity contribution in [2.24, 2.45) is 0 Å². The average Bonchev–Trinajstić information content (AvgIpc) is 1.88. The molecule has 0 bridgehead atoms. The van der Waals surface area contributed by atoms with Gasteiger partial charge in [0.1, 0.15) is 0 Å². The minimum atomic E-state index is -1.19. The molecule has 14 heavy (non-hydrogen) atoms. The van der Waals surface area contributed by atoms with Gasteiger partial charge in [0, 0.05) is 0 Å². The average molecular weight is 265 g/mol. The molecular weight excluding hydrogens is 254 g/mol. The molecule has 0 aromatic rings. The molecule has 0 aromatic carbocycles. The first-order valence-corrected chi connectivity index (χ1v) is 3.02. The van der Waals surface area contributed by atoms with Crippen LogP contribution in [0.2, 0.25) is 0 Å². The van der Waals surface area contributed by atoms with Gasteiger partial charge >= 0.3 is 68.5 Å². The van der Waals surface area contributed by atoms with E-state index in [9.17, 15) is 19.8 Å². The van der Waals surface area contributed by atoms with Crippen LogP contribution >= 0.6 is 0 Å². The molecule has 0 aliphatic carbocycles. The number of hydrogen-bond acceptors (Lipinski definition) is 4. The number of carbonyl (C=O) groups excluding carboxylic acids is 2. The zero-order chi connectivity index (χ0) is 10.3. The number of aliphatic carboxylic acids is 2. The second-order valence-corrected chi connectivity index (χ2v) is 2.14. The Morgan fingerprint density at radius 1 is 1.00 bits per heavy atom. The van der Waals surface area contributed by atoms with Gasteiger partial charge in [-0.3, -0.25) is 0 Å². The fourth-order valence-electron chi connectivity index (χ4n) is 0. The maximum atomic E-state index is 9.49. The van der Waals surface area contributed by atoms with Gasteiger partial charge in [0.2, 0.25) is 0 Å². The smallest absolute Gasteiger partial charge is 1.00 e. The van der Waals surface area contributed by atoms with Crippen LogP contribution in [-0.2, 0) is 26.7 Å². The summed E-state index contributed by atoms with van der Waals surface area (Å²) in [4.78, 5) is 19.0. The first kappa shape index (κ1) is 24.0. The molecule has 0 saturated carbocycles. The SMILES string of the molecule is C=C(C)C(=O)[O-].C=C(C)C(=O)[O-].[H-].[K+].[Mn+2]. The Hall–Kier alpha value is 0.576. The summed E-state index contributed by atoms with van der Waals surface area (Å²) < 4.78 is 0. The molecule has 0 atom stereocenters. The van der Waals surface area contributed by atoms with Crippen molar-refractivity contribution in [3.05, 3.63) is 24.3 Å². The molecule has 1 radical (unpaired) electrons. The summed E-state index contributed by atoms with van der Waals surface area (Å²) in [7, 11) is 0. The number of carboxylic acids is 2. The van der Waals surface area contributed by atoms with Crippen molar-refractivity contribution in [1.82, 2.24) is 0 Å². The minimum absolute atomic E-state index is 0. The van der Waals surface area contributed by atoms with E-state index in [1.165, 1.54) is 13.8 Å². The van der Waals surface area contributed by atoms with E-state index in [1.54, 1.807) is 0 Å². The van der Waals surface area contributed by atoms with Crippen molar-refractivity contribution < 1.29 is 89.7 Å². The zero-order valence-electron chi connectivity index (χ0n) is 9.43. The summed E-state index contributed by atoms with van der Waals surface area (Å²) in [5, 5.41) is 19.0. The van der Waals surface area contributed by atoms with Crippen LogP contribution in [-0.4, -0.2) is 11.9 Å². The Morgan fingerprint density at radius 3 is 1.07 bits per heavy atom. The van der Waals surface area contributed by atoms with E-state index in [0.717, 1.165) is 0 Å². The summed E-state index contributed by atoms with van der Waals surface area (Å²) in [5.41, 5.74) is 0.130. The molecule has 0 N–H and O–H groups in total. The number of hydrogen-bond donors (Lipinski definition) is 0. The maximum absolute atomic E-state index is 9.49. The van der Waals surface area contributed by atoms with Gasteiger partial charge in [0.05, 0.1) is 11.9 Å². The van der Waals surface area contributed by atoms with Gasteiger partial charge in [-0.2, -0.15) is 0 Å². The van der Waals surface area contributed by atoms with Crippen LogP contribution < -0.4 is 61.6 Å². The van der Waals surface area contributed by atoms with Gasteiger partial charge in [0.25, 0.3) is 0 Å². The van der Waals surface area contributed by atoms with Crippen molar-refractivity contribution in [2.75, 3.05) is 0 Å². The molecular formula is C8H11KMnO4. The quantitative estimate of drug-likeness (QED) is 0.374. The predicted octanol–water partition coefficient (Wildman–Crippen LogP) is -4.26. The zero-order valence-corrected chi connectivity index (χ0v) is 12.7. The molecule has 0 rings (SSSR count). The molecule has 0 aromatic heterocycles. The van der Waals surface area contributed by atoms with Crippen LogP contribution in [0.3, 0.4) is 0 Å². The molecule has 0 spiro atoms. The molecule has 0 aliphatic rings. The van der Waals surface area contributed by atoms with Crippen molar-refractivity contribution in [1.29, 1.82) is 0 Å². The second-order valence-electron chi connectivity index (χ2n) is 2.14. The fraction of sp³-hybridized carbons (Fsp3) is 0.250. The van der Waals surface area contributed by atoms with E-state index in [0.29, 0.717) is 0 Å². The van der Waals surface area contributed by atoms with Crippen LogP contribution in [0.25, 0.3) is 0 Å². The van der Waals surface area contributed by atoms with Gasteiger partial charge in [0.15, 0.2) is 0 Å². The molecule has 0 saturated heterocycles. The summed E-state index contributed by atoms with van der Waals surface area (Å²) in [6.07, 6.45) is 0. The monoisotopic (exact) mass is 265 g/mol. The Labute approximate surface area is 138 Å². The first-order valence-electron chi connectivity index (χ1n) is 3.02. The molecule has 6 heteroatoms. The van der Waals surface area contributed by atoms with Gasteiger partial charge in [-0.15, -0.1) is 0 Å². The van der Waals surface area contributed by atoms with E-state index in [2.05, 4.69) is 13.2 Å². The van der Waals surface area contributed by atoms with Gasteiger partial charge in [-0.25, -0.2) is 0 Å². The minimum Gasteiger partial charge on any atom is -1.00 e. The molecule has 0 unspecified atom stereocenters. The van der Waals surface area contributed by atoms with E-state index < -0.39 is 11.9 Å². The van der Waals surface area contributed by atoms with E-state index in [4.69, 9.17) is 0 Å². The summed E-state index contributed by atoms with van der Waals surface area (Å²) in [6, 6.07) is 0. The predicted molar refractivity (Wildman–Crippen MR) is 40.8 cm³/mol. The summed E-state index contributed by atoms with van der Waals surface area (Å²) in [6.45, 7) is 8.95. The standard InChI is InChI=1S/2C4H6O2.K.Mn.H/c2*1-3(2)4(5)6;;;/h2*1H2,2H3,(H,5,6);;;/q;;+1;+2;-1/p-2. The van der Waals surface area contributed by atoms with Crippen LogP contribution in [0.1, 0.15) is 15.3 Å². The summed E-state index contributed by atoms with van der Waals surface area (Å²) >= 11 is 0. The Balaban J connectivity index is -0.0000000370. The van der Waals surface area contributed by atoms with Crippen molar-refractivity contribution in [3.8, 4) is 0 Å². The molecule has 4 nitrogen and oxygen atoms in total. The van der Waals surface area contributed by atoms with Crippen LogP contribution in [0.5, 0.6) is 0 Å². The first-order chi connectivity index (χ1) is 5.29. The molecule has 0 aliphatic heterocycles. The van der Waals surface area contributed by atoms with Crippen molar-refractivity contribution in [2.45, 2.75) is 13.8 Å². The van der Waals surface area contributed by atoms with E-state index in [-0.39, 0.29) is 81.0 Å². The Morgan fingerprint density at radius 2 is 1.07 bits per heavy atom. The third-order valence-electron chi connectivity index (χ3n) is 0.697. The van der Waals surface area contributed by atoms with E-state index >= 15 is 0 Å². The van der Waals surface area contributed by atoms with Gasteiger partial charge in [-0.1, -0.05) is 13.2 Å². The van der Waals surface area contributed by atoms with Gasteiger partial charge < -0.3 is 21.2 Å². The second kappa shape index (κ2) is 13.6. The van der Waals surface area contributed by atoms with Crippen molar-refractivity contribution in [3.63, 3.8) is 0 Å². The van der Waals surface area contributed by atoms with Gasteiger partial charge in [-0.05, 0) is 25.0 Å². The van der Waals surface area contributed by atoms with Crippen LogP contribution in [0, 0.1) is 0 Å². The molecule has 0 fully saturated rings. The Kier molecular flexibility index (Phi) is 23.3. The van der Waals surface area contributed by atoms with Crippen LogP contribution in [0.15, 0.2) is 24.3 Å². The third kappa shape index (κ3) is 22.9. The topological polar surface area (TPSA) is 80.3 Å².